The van der Waals surface area contributed by atoms with Gasteiger partial charge in [-0.1, -0.05) is 6.07 Å². The number of aromatic nitrogens is 3. The first kappa shape index (κ1) is 14.6. The molecule has 7 heteroatoms. The van der Waals surface area contributed by atoms with Gasteiger partial charge in [0, 0.05) is 0 Å². The van der Waals surface area contributed by atoms with Crippen LogP contribution >= 0.6 is 11.6 Å². The fraction of sp³-hybridized carbons (Fsp3) is 0.0667. The molecule has 0 saturated heterocycles. The first-order chi connectivity index (χ1) is 10.5. The zero-order valence-corrected chi connectivity index (χ0v) is 12.1. The van der Waals surface area contributed by atoms with Crippen LogP contribution in [-0.2, 0) is 0 Å². The lowest BCUT2D eigenvalue weighted by atomic mass is 10.2. The van der Waals surface area contributed by atoms with Gasteiger partial charge in [-0.25, -0.2) is 17.9 Å². The number of hydrogen-bond donors (Lipinski definition) is 0. The van der Waals surface area contributed by atoms with Crippen molar-refractivity contribution in [3.05, 3.63) is 64.7 Å². The van der Waals surface area contributed by atoms with Crippen LogP contribution in [0.1, 0.15) is 5.56 Å². The lowest BCUT2D eigenvalue weighted by Gasteiger charge is -2.05. The normalized spacial score (nSPS) is 11.0. The third-order valence-electron chi connectivity index (χ3n) is 3.14. The number of benzene rings is 2. The van der Waals surface area contributed by atoms with E-state index in [0.717, 1.165) is 12.1 Å². The number of aryl methyl sites for hydroxylation is 1. The second kappa shape index (κ2) is 5.46. The fourth-order valence-electron chi connectivity index (χ4n) is 2.12. The SMILES string of the molecule is Cc1cc(F)ccc1-n1nc(-c2c(F)cccc2F)nc1Cl. The van der Waals surface area contributed by atoms with Crippen LogP contribution in [0.3, 0.4) is 0 Å². The van der Waals surface area contributed by atoms with Crippen molar-refractivity contribution in [3.63, 3.8) is 0 Å². The minimum atomic E-state index is -0.787. The minimum Gasteiger partial charge on any atom is -0.207 e. The molecule has 0 bridgehead atoms. The van der Waals surface area contributed by atoms with E-state index in [-0.39, 0.29) is 16.7 Å². The number of halogens is 4. The molecule has 3 aromatic rings. The van der Waals surface area contributed by atoms with Gasteiger partial charge in [-0.2, -0.15) is 4.98 Å². The van der Waals surface area contributed by atoms with Crippen LogP contribution in [0.5, 0.6) is 0 Å². The lowest BCUT2D eigenvalue weighted by molar-refractivity contribution is 0.587. The summed E-state index contributed by atoms with van der Waals surface area (Å²) in [7, 11) is 0. The molecule has 0 aliphatic carbocycles. The van der Waals surface area contributed by atoms with Gasteiger partial charge in [0.05, 0.1) is 11.3 Å². The van der Waals surface area contributed by atoms with E-state index in [1.165, 1.54) is 28.9 Å². The summed E-state index contributed by atoms with van der Waals surface area (Å²) < 4.78 is 41.9. The molecule has 0 saturated carbocycles. The van der Waals surface area contributed by atoms with Gasteiger partial charge in [-0.15, -0.1) is 5.10 Å². The molecule has 0 fully saturated rings. The van der Waals surface area contributed by atoms with Crippen LogP contribution in [0.4, 0.5) is 13.2 Å². The first-order valence-electron chi connectivity index (χ1n) is 6.31. The Kier molecular flexibility index (Phi) is 3.62. The number of nitrogens with zero attached hydrogens (tertiary/aromatic N) is 3. The summed E-state index contributed by atoms with van der Waals surface area (Å²) >= 11 is 6.00. The second-order valence-corrected chi connectivity index (χ2v) is 4.98. The van der Waals surface area contributed by atoms with Crippen LogP contribution in [0.25, 0.3) is 17.1 Å². The van der Waals surface area contributed by atoms with Gasteiger partial charge in [-0.05, 0) is 54.4 Å². The molecule has 112 valence electrons. The molecule has 3 nitrogen and oxygen atoms in total. The lowest BCUT2D eigenvalue weighted by Crippen LogP contribution is -2.00. The predicted molar refractivity (Wildman–Crippen MR) is 76.4 cm³/mol. The molecule has 0 aliphatic rings. The average molecular weight is 324 g/mol. The minimum absolute atomic E-state index is 0.0765. The van der Waals surface area contributed by atoms with Crippen molar-refractivity contribution in [3.8, 4) is 17.1 Å². The van der Waals surface area contributed by atoms with Gasteiger partial charge < -0.3 is 0 Å². The van der Waals surface area contributed by atoms with E-state index in [2.05, 4.69) is 10.1 Å². The summed E-state index contributed by atoms with van der Waals surface area (Å²) in [4.78, 5) is 3.89. The van der Waals surface area contributed by atoms with Crippen LogP contribution < -0.4 is 0 Å². The number of rotatable bonds is 2. The average Bonchev–Trinajstić information content (AvgIpc) is 2.80. The summed E-state index contributed by atoms with van der Waals surface area (Å²) in [5.41, 5.74) is 0.678. The van der Waals surface area contributed by atoms with Gasteiger partial charge in [0.15, 0.2) is 5.82 Å². The maximum Gasteiger partial charge on any atom is 0.226 e. The highest BCUT2D eigenvalue weighted by Gasteiger charge is 2.19. The topological polar surface area (TPSA) is 30.7 Å². The zero-order valence-electron chi connectivity index (χ0n) is 11.3. The van der Waals surface area contributed by atoms with Crippen LogP contribution in [-0.4, -0.2) is 14.8 Å². The summed E-state index contributed by atoms with van der Waals surface area (Å²) in [6, 6.07) is 7.47. The van der Waals surface area contributed by atoms with Crippen molar-refractivity contribution in [2.75, 3.05) is 0 Å². The zero-order chi connectivity index (χ0) is 15.9. The summed E-state index contributed by atoms with van der Waals surface area (Å²) in [6.45, 7) is 1.67. The maximum atomic E-state index is 13.8. The predicted octanol–water partition coefficient (Wildman–Crippen LogP) is 4.31. The maximum absolute atomic E-state index is 13.8. The van der Waals surface area contributed by atoms with Gasteiger partial charge in [-0.3, -0.25) is 0 Å². The van der Waals surface area contributed by atoms with Crippen molar-refractivity contribution in [1.29, 1.82) is 0 Å². The third kappa shape index (κ3) is 2.46. The van der Waals surface area contributed by atoms with Crippen molar-refractivity contribution in [2.45, 2.75) is 6.92 Å². The largest absolute Gasteiger partial charge is 0.226 e. The Balaban J connectivity index is 2.16. The van der Waals surface area contributed by atoms with Gasteiger partial charge in [0.25, 0.3) is 0 Å². The molecule has 3 rings (SSSR count). The summed E-state index contributed by atoms with van der Waals surface area (Å²) in [6.07, 6.45) is 0. The molecule has 1 heterocycles. The second-order valence-electron chi connectivity index (χ2n) is 4.64. The van der Waals surface area contributed by atoms with E-state index >= 15 is 0 Å². The Morgan fingerprint density at radius 3 is 2.36 bits per heavy atom. The Morgan fingerprint density at radius 1 is 1.05 bits per heavy atom. The molecule has 0 aliphatic heterocycles. The molecule has 1 aromatic heterocycles. The molecule has 0 unspecified atom stereocenters. The monoisotopic (exact) mass is 323 g/mol. The van der Waals surface area contributed by atoms with E-state index in [1.807, 2.05) is 0 Å². The van der Waals surface area contributed by atoms with Crippen LogP contribution in [0, 0.1) is 24.4 Å². The van der Waals surface area contributed by atoms with E-state index in [1.54, 1.807) is 6.92 Å². The molecule has 2 aromatic carbocycles. The molecule has 22 heavy (non-hydrogen) atoms. The molecule has 0 amide bonds. The molecule has 0 spiro atoms. The van der Waals surface area contributed by atoms with Crippen LogP contribution in [0.15, 0.2) is 36.4 Å². The van der Waals surface area contributed by atoms with E-state index in [4.69, 9.17) is 11.6 Å². The van der Waals surface area contributed by atoms with Gasteiger partial charge in [0.1, 0.15) is 17.5 Å². The smallest absolute Gasteiger partial charge is 0.207 e. The third-order valence-corrected chi connectivity index (χ3v) is 3.39. The Hall–Kier alpha value is -2.34. The van der Waals surface area contributed by atoms with E-state index in [9.17, 15) is 13.2 Å². The molecule has 0 atom stereocenters. The quantitative estimate of drug-likeness (QED) is 0.703. The van der Waals surface area contributed by atoms with Gasteiger partial charge >= 0.3 is 0 Å². The molecular formula is C15H9ClF3N3. The van der Waals surface area contributed by atoms with Gasteiger partial charge in [0.2, 0.25) is 5.28 Å². The van der Waals surface area contributed by atoms with Crippen molar-refractivity contribution in [1.82, 2.24) is 14.8 Å². The molecule has 0 radical (unpaired) electrons. The van der Waals surface area contributed by atoms with Crippen LogP contribution in [0.2, 0.25) is 5.28 Å². The van der Waals surface area contributed by atoms with Crippen molar-refractivity contribution < 1.29 is 13.2 Å². The highest BCUT2D eigenvalue weighted by atomic mass is 35.5. The first-order valence-corrected chi connectivity index (χ1v) is 6.68. The highest BCUT2D eigenvalue weighted by Crippen LogP contribution is 2.26. The van der Waals surface area contributed by atoms with Crippen molar-refractivity contribution >= 4 is 11.6 Å². The fourth-order valence-corrected chi connectivity index (χ4v) is 2.33. The molecular weight excluding hydrogens is 315 g/mol. The highest BCUT2D eigenvalue weighted by molar-refractivity contribution is 6.28. The standard InChI is InChI=1S/C15H9ClF3N3/c1-8-7-9(17)5-6-12(8)22-15(16)20-14(21-22)13-10(18)3-2-4-11(13)19/h2-7H,1H3. The van der Waals surface area contributed by atoms with Crippen molar-refractivity contribution in [2.24, 2.45) is 0 Å². The summed E-state index contributed by atoms with van der Waals surface area (Å²) in [5, 5.41) is 3.96. The summed E-state index contributed by atoms with van der Waals surface area (Å²) in [5.74, 6) is -2.16. The van der Waals surface area contributed by atoms with E-state index in [0.29, 0.717) is 11.3 Å². The number of hydrogen-bond acceptors (Lipinski definition) is 2. The Bertz CT molecular complexity index is 841. The van der Waals surface area contributed by atoms with E-state index < -0.39 is 17.5 Å². The Morgan fingerprint density at radius 2 is 1.73 bits per heavy atom. The molecule has 0 N–H and O–H groups in total. The Labute approximate surface area is 129 Å².